The topological polar surface area (TPSA) is 51.8 Å². The van der Waals surface area contributed by atoms with Crippen LogP contribution in [-0.4, -0.2) is 9.97 Å². The lowest BCUT2D eigenvalue weighted by atomic mass is 10.1. The van der Waals surface area contributed by atoms with Crippen LogP contribution in [0.5, 0.6) is 0 Å². The maximum Gasteiger partial charge on any atom is 0.134 e. The molecule has 0 amide bonds. The molecule has 0 aliphatic heterocycles. The first kappa shape index (κ1) is 9.59. The van der Waals surface area contributed by atoms with Crippen LogP contribution in [0.3, 0.4) is 0 Å². The van der Waals surface area contributed by atoms with Crippen molar-refractivity contribution >= 4 is 0 Å². The molecule has 0 radical (unpaired) electrons. The average molecular weight is 191 g/mol. The summed E-state index contributed by atoms with van der Waals surface area (Å²) in [5.74, 6) is 0.986. The van der Waals surface area contributed by atoms with Crippen LogP contribution in [0.15, 0.2) is 6.20 Å². The van der Waals surface area contributed by atoms with Gasteiger partial charge in [-0.05, 0) is 26.7 Å². The van der Waals surface area contributed by atoms with Crippen molar-refractivity contribution in [3.63, 3.8) is 0 Å². The predicted molar refractivity (Wildman–Crippen MR) is 56.0 cm³/mol. The van der Waals surface area contributed by atoms with E-state index in [9.17, 15) is 0 Å². The van der Waals surface area contributed by atoms with Gasteiger partial charge in [0.1, 0.15) is 5.82 Å². The molecule has 0 bridgehead atoms. The number of hydrogen-bond donors (Lipinski definition) is 1. The Morgan fingerprint density at radius 1 is 1.50 bits per heavy atom. The molecule has 76 valence electrons. The summed E-state index contributed by atoms with van der Waals surface area (Å²) in [5, 5.41) is 0. The fourth-order valence-electron chi connectivity index (χ4n) is 1.63. The second-order valence-electron chi connectivity index (χ2n) is 4.58. The third-order valence-corrected chi connectivity index (χ3v) is 3.05. The highest BCUT2D eigenvalue weighted by Gasteiger charge is 2.42. The van der Waals surface area contributed by atoms with Crippen LogP contribution in [0, 0.1) is 6.92 Å². The number of aromatic nitrogens is 2. The highest BCUT2D eigenvalue weighted by molar-refractivity contribution is 5.24. The van der Waals surface area contributed by atoms with Gasteiger partial charge in [0.25, 0.3) is 0 Å². The van der Waals surface area contributed by atoms with Gasteiger partial charge in [0.2, 0.25) is 0 Å². The zero-order valence-electron chi connectivity index (χ0n) is 9.04. The van der Waals surface area contributed by atoms with Crippen molar-refractivity contribution in [3.05, 3.63) is 23.3 Å². The molecule has 1 saturated carbocycles. The van der Waals surface area contributed by atoms with Crippen molar-refractivity contribution in [1.29, 1.82) is 0 Å². The lowest BCUT2D eigenvalue weighted by Crippen LogP contribution is -2.13. The van der Waals surface area contributed by atoms with E-state index in [1.807, 2.05) is 20.0 Å². The summed E-state index contributed by atoms with van der Waals surface area (Å²) in [7, 11) is 0. The minimum Gasteiger partial charge on any atom is -0.324 e. The van der Waals surface area contributed by atoms with Crippen LogP contribution in [0.1, 0.15) is 49.8 Å². The Hall–Kier alpha value is -0.960. The van der Waals surface area contributed by atoms with Gasteiger partial charge in [-0.2, -0.15) is 0 Å². The van der Waals surface area contributed by atoms with E-state index in [2.05, 4.69) is 16.9 Å². The number of rotatable bonds is 2. The first-order valence-corrected chi connectivity index (χ1v) is 5.12. The summed E-state index contributed by atoms with van der Waals surface area (Å²) in [5.41, 5.74) is 8.14. The fourth-order valence-corrected chi connectivity index (χ4v) is 1.63. The molecule has 1 atom stereocenters. The zero-order valence-corrected chi connectivity index (χ0v) is 9.04. The van der Waals surface area contributed by atoms with Crippen LogP contribution in [0.4, 0.5) is 0 Å². The second kappa shape index (κ2) is 3.02. The van der Waals surface area contributed by atoms with Crippen molar-refractivity contribution in [2.75, 3.05) is 0 Å². The Labute approximate surface area is 84.8 Å². The lowest BCUT2D eigenvalue weighted by molar-refractivity contribution is 0.686. The van der Waals surface area contributed by atoms with Crippen molar-refractivity contribution < 1.29 is 0 Å². The molecule has 3 heteroatoms. The largest absolute Gasteiger partial charge is 0.324 e. The van der Waals surface area contributed by atoms with Crippen LogP contribution >= 0.6 is 0 Å². The second-order valence-corrected chi connectivity index (χ2v) is 4.58. The van der Waals surface area contributed by atoms with Crippen molar-refractivity contribution in [3.8, 4) is 0 Å². The smallest absolute Gasteiger partial charge is 0.134 e. The molecule has 14 heavy (non-hydrogen) atoms. The van der Waals surface area contributed by atoms with Crippen LogP contribution in [0.25, 0.3) is 0 Å². The molecule has 1 aliphatic rings. The average Bonchev–Trinajstić information content (AvgIpc) is 2.84. The molecule has 0 spiro atoms. The maximum atomic E-state index is 5.81. The summed E-state index contributed by atoms with van der Waals surface area (Å²) in [6.07, 6.45) is 4.31. The van der Waals surface area contributed by atoms with Crippen molar-refractivity contribution in [2.45, 2.75) is 45.1 Å². The quantitative estimate of drug-likeness (QED) is 0.776. The number of hydrogen-bond acceptors (Lipinski definition) is 3. The van der Waals surface area contributed by atoms with Gasteiger partial charge in [0.15, 0.2) is 0 Å². The summed E-state index contributed by atoms with van der Waals surface area (Å²) < 4.78 is 0. The van der Waals surface area contributed by atoms with E-state index in [0.29, 0.717) is 0 Å². The van der Waals surface area contributed by atoms with Crippen molar-refractivity contribution in [2.24, 2.45) is 5.73 Å². The van der Waals surface area contributed by atoms with Crippen molar-refractivity contribution in [1.82, 2.24) is 9.97 Å². The number of nitrogens with two attached hydrogens (primary N) is 1. The Kier molecular flexibility index (Phi) is 2.07. The molecular formula is C11H17N3. The van der Waals surface area contributed by atoms with Crippen LogP contribution < -0.4 is 5.73 Å². The molecule has 1 aromatic rings. The van der Waals surface area contributed by atoms with E-state index in [-0.39, 0.29) is 11.5 Å². The molecule has 0 saturated heterocycles. The first-order valence-electron chi connectivity index (χ1n) is 5.12. The number of aryl methyl sites for hydroxylation is 1. The van der Waals surface area contributed by atoms with Gasteiger partial charge in [-0.15, -0.1) is 0 Å². The summed E-state index contributed by atoms with van der Waals surface area (Å²) >= 11 is 0. The van der Waals surface area contributed by atoms with Gasteiger partial charge >= 0.3 is 0 Å². The molecule has 3 nitrogen and oxygen atoms in total. The molecular weight excluding hydrogens is 174 g/mol. The minimum absolute atomic E-state index is 0.0241. The molecule has 0 aromatic carbocycles. The summed E-state index contributed by atoms with van der Waals surface area (Å²) in [4.78, 5) is 8.94. The fraction of sp³-hybridized carbons (Fsp3) is 0.636. The van der Waals surface area contributed by atoms with Gasteiger partial charge < -0.3 is 5.73 Å². The predicted octanol–water partition coefficient (Wildman–Crippen LogP) is 1.86. The lowest BCUT2D eigenvalue weighted by Gasteiger charge is -2.12. The van der Waals surface area contributed by atoms with Gasteiger partial charge in [0.05, 0.1) is 0 Å². The molecule has 1 heterocycles. The Balaban J connectivity index is 2.36. The molecule has 1 fully saturated rings. The number of nitrogens with zero attached hydrogens (tertiary/aromatic N) is 2. The maximum absolute atomic E-state index is 5.81. The normalized spacial score (nSPS) is 20.6. The van der Waals surface area contributed by atoms with Gasteiger partial charge in [-0.25, -0.2) is 9.97 Å². The van der Waals surface area contributed by atoms with E-state index in [0.717, 1.165) is 17.1 Å². The Morgan fingerprint density at radius 3 is 2.57 bits per heavy atom. The van der Waals surface area contributed by atoms with E-state index in [1.54, 1.807) is 0 Å². The first-order chi connectivity index (χ1) is 6.53. The van der Waals surface area contributed by atoms with E-state index < -0.39 is 0 Å². The monoisotopic (exact) mass is 191 g/mol. The van der Waals surface area contributed by atoms with E-state index >= 15 is 0 Å². The highest BCUT2D eigenvalue weighted by atomic mass is 14.9. The Bertz CT molecular complexity index is 354. The summed E-state index contributed by atoms with van der Waals surface area (Å²) in [6.45, 7) is 6.19. The van der Waals surface area contributed by atoms with Crippen LogP contribution in [0.2, 0.25) is 0 Å². The SMILES string of the molecule is Cc1nc(C2(C)CC2)ncc1[C@H](C)N. The van der Waals surface area contributed by atoms with Gasteiger partial charge in [-0.1, -0.05) is 6.92 Å². The minimum atomic E-state index is 0.0241. The van der Waals surface area contributed by atoms with E-state index in [4.69, 9.17) is 5.73 Å². The highest BCUT2D eigenvalue weighted by Crippen LogP contribution is 2.45. The van der Waals surface area contributed by atoms with Crippen LogP contribution in [-0.2, 0) is 5.41 Å². The standard InChI is InChI=1S/C11H17N3/c1-7(12)9-6-13-10(14-8(9)2)11(3)4-5-11/h6-7H,4-5,12H2,1-3H3/t7-/m0/s1. The van der Waals surface area contributed by atoms with E-state index in [1.165, 1.54) is 12.8 Å². The van der Waals surface area contributed by atoms with Gasteiger partial charge in [0, 0.05) is 28.9 Å². The van der Waals surface area contributed by atoms with Gasteiger partial charge in [-0.3, -0.25) is 0 Å². The molecule has 2 N–H and O–H groups in total. The third-order valence-electron chi connectivity index (χ3n) is 3.05. The molecule has 1 aromatic heterocycles. The molecule has 1 aliphatic carbocycles. The zero-order chi connectivity index (χ0) is 10.3. The molecule has 2 rings (SSSR count). The molecule has 0 unspecified atom stereocenters. The summed E-state index contributed by atoms with van der Waals surface area (Å²) in [6, 6.07) is 0.0241. The third kappa shape index (κ3) is 1.52. The Morgan fingerprint density at radius 2 is 2.14 bits per heavy atom.